The summed E-state index contributed by atoms with van der Waals surface area (Å²) < 4.78 is 25.9. The smallest absolute Gasteiger partial charge is 0.273 e. The maximum atomic E-state index is 12.3. The summed E-state index contributed by atoms with van der Waals surface area (Å²) in [6, 6.07) is 5.35. The Bertz CT molecular complexity index is 797. The van der Waals surface area contributed by atoms with Gasteiger partial charge in [0.15, 0.2) is 0 Å². The SMILES string of the molecule is CS(=O)(=O)O.NCc1ccc2c(c1)CN(N1C(=O)CCCC1=O)C2=O. The molecule has 1 saturated heterocycles. The normalized spacial score (nSPS) is 17.3. The average molecular weight is 369 g/mol. The van der Waals surface area contributed by atoms with Crippen molar-refractivity contribution in [3.63, 3.8) is 0 Å². The average Bonchev–Trinajstić information content (AvgIpc) is 2.82. The van der Waals surface area contributed by atoms with E-state index in [4.69, 9.17) is 10.3 Å². The van der Waals surface area contributed by atoms with Crippen LogP contribution in [0.3, 0.4) is 0 Å². The summed E-state index contributed by atoms with van der Waals surface area (Å²) in [4.78, 5) is 36.1. The van der Waals surface area contributed by atoms with E-state index in [9.17, 15) is 22.8 Å². The molecule has 3 rings (SSSR count). The first kappa shape index (κ1) is 19.0. The fraction of sp³-hybridized carbons (Fsp3) is 0.400. The number of hydrogen-bond acceptors (Lipinski definition) is 6. The lowest BCUT2D eigenvalue weighted by molar-refractivity contribution is -0.163. The van der Waals surface area contributed by atoms with Crippen LogP contribution in [0.4, 0.5) is 0 Å². The molecule has 2 heterocycles. The summed E-state index contributed by atoms with van der Waals surface area (Å²) in [6.45, 7) is 0.641. The highest BCUT2D eigenvalue weighted by Gasteiger charge is 2.39. The summed E-state index contributed by atoms with van der Waals surface area (Å²) in [6.07, 6.45) is 1.88. The number of carbonyl (C=O) groups excluding carboxylic acids is 3. The van der Waals surface area contributed by atoms with Crippen molar-refractivity contribution in [3.05, 3.63) is 34.9 Å². The number of imide groups is 1. The highest BCUT2D eigenvalue weighted by molar-refractivity contribution is 7.85. The summed E-state index contributed by atoms with van der Waals surface area (Å²) >= 11 is 0. The molecule has 1 fully saturated rings. The molecule has 0 saturated carbocycles. The zero-order valence-electron chi connectivity index (χ0n) is 13.6. The first-order chi connectivity index (χ1) is 11.6. The molecule has 0 spiro atoms. The van der Waals surface area contributed by atoms with Crippen LogP contribution < -0.4 is 5.73 Å². The van der Waals surface area contributed by atoms with Crippen molar-refractivity contribution in [3.8, 4) is 0 Å². The van der Waals surface area contributed by atoms with Crippen LogP contribution in [0, 0.1) is 0 Å². The largest absolute Gasteiger partial charge is 0.326 e. The predicted molar refractivity (Wildman–Crippen MR) is 87.4 cm³/mol. The molecule has 2 aliphatic rings. The summed E-state index contributed by atoms with van der Waals surface area (Å²) in [5.41, 5.74) is 7.85. The van der Waals surface area contributed by atoms with Crippen molar-refractivity contribution >= 4 is 27.8 Å². The van der Waals surface area contributed by atoms with Gasteiger partial charge in [-0.05, 0) is 23.6 Å². The van der Waals surface area contributed by atoms with Crippen molar-refractivity contribution in [2.75, 3.05) is 6.26 Å². The highest BCUT2D eigenvalue weighted by Crippen LogP contribution is 2.27. The molecule has 0 unspecified atom stereocenters. The lowest BCUT2D eigenvalue weighted by Gasteiger charge is -2.32. The number of benzene rings is 1. The Kier molecular flexibility index (Phi) is 5.55. The number of nitrogens with zero attached hydrogens (tertiary/aromatic N) is 2. The van der Waals surface area contributed by atoms with E-state index in [1.165, 1.54) is 5.01 Å². The Morgan fingerprint density at radius 1 is 1.16 bits per heavy atom. The lowest BCUT2D eigenvalue weighted by atomic mass is 10.1. The number of nitrogens with two attached hydrogens (primary N) is 1. The monoisotopic (exact) mass is 369 g/mol. The molecule has 2 aliphatic heterocycles. The number of hydrogen-bond donors (Lipinski definition) is 2. The number of hydrazine groups is 1. The molecule has 0 radical (unpaired) electrons. The van der Waals surface area contributed by atoms with Crippen LogP contribution in [0.2, 0.25) is 0 Å². The second-order valence-corrected chi connectivity index (χ2v) is 7.21. The number of amides is 3. The first-order valence-corrected chi connectivity index (χ1v) is 9.38. The quantitative estimate of drug-likeness (QED) is 0.555. The molecule has 1 aromatic rings. The van der Waals surface area contributed by atoms with Gasteiger partial charge >= 0.3 is 0 Å². The lowest BCUT2D eigenvalue weighted by Crippen LogP contribution is -2.51. The molecule has 1 aromatic carbocycles. The van der Waals surface area contributed by atoms with Gasteiger partial charge in [0.25, 0.3) is 16.0 Å². The molecule has 0 atom stereocenters. The minimum absolute atomic E-state index is 0.249. The zero-order valence-corrected chi connectivity index (χ0v) is 14.5. The highest BCUT2D eigenvalue weighted by atomic mass is 32.2. The van der Waals surface area contributed by atoms with Crippen LogP contribution in [0.25, 0.3) is 0 Å². The third-order valence-corrected chi connectivity index (χ3v) is 3.69. The van der Waals surface area contributed by atoms with Gasteiger partial charge in [0.1, 0.15) is 0 Å². The molecular weight excluding hydrogens is 350 g/mol. The van der Waals surface area contributed by atoms with E-state index in [2.05, 4.69) is 0 Å². The van der Waals surface area contributed by atoms with E-state index in [-0.39, 0.29) is 24.3 Å². The minimum atomic E-state index is -3.67. The molecule has 9 nitrogen and oxygen atoms in total. The topological polar surface area (TPSA) is 138 Å². The fourth-order valence-corrected chi connectivity index (χ4v) is 2.66. The van der Waals surface area contributed by atoms with Crippen LogP contribution in [0.5, 0.6) is 0 Å². The van der Waals surface area contributed by atoms with Gasteiger partial charge < -0.3 is 5.73 Å². The Hall–Kier alpha value is -2.30. The number of fused-ring (bicyclic) bond motifs is 1. The van der Waals surface area contributed by atoms with Gasteiger partial charge in [0, 0.05) is 24.9 Å². The van der Waals surface area contributed by atoms with Crippen molar-refractivity contribution in [1.82, 2.24) is 10.0 Å². The Morgan fingerprint density at radius 3 is 2.24 bits per heavy atom. The van der Waals surface area contributed by atoms with E-state index in [0.717, 1.165) is 16.1 Å². The second-order valence-electron chi connectivity index (χ2n) is 5.74. The number of carbonyl (C=O) groups is 3. The summed E-state index contributed by atoms with van der Waals surface area (Å²) in [7, 11) is -3.67. The molecule has 0 aliphatic carbocycles. The van der Waals surface area contributed by atoms with Gasteiger partial charge in [-0.2, -0.15) is 13.4 Å². The predicted octanol–water partition coefficient (Wildman–Crippen LogP) is 0.0592. The van der Waals surface area contributed by atoms with Crippen LogP contribution >= 0.6 is 0 Å². The van der Waals surface area contributed by atoms with E-state index in [1.807, 2.05) is 6.07 Å². The fourth-order valence-electron chi connectivity index (χ4n) is 2.66. The van der Waals surface area contributed by atoms with Crippen LogP contribution in [-0.2, 0) is 32.8 Å². The zero-order chi connectivity index (χ0) is 18.8. The van der Waals surface area contributed by atoms with Gasteiger partial charge in [-0.3, -0.25) is 18.9 Å². The molecule has 10 heteroatoms. The van der Waals surface area contributed by atoms with Gasteiger partial charge in [-0.25, -0.2) is 5.01 Å². The Labute approximate surface area is 145 Å². The maximum absolute atomic E-state index is 12.3. The van der Waals surface area contributed by atoms with Gasteiger partial charge in [0.2, 0.25) is 11.8 Å². The minimum Gasteiger partial charge on any atom is -0.326 e. The third kappa shape index (κ3) is 4.62. The van der Waals surface area contributed by atoms with Crippen LogP contribution in [0.15, 0.2) is 18.2 Å². The third-order valence-electron chi connectivity index (χ3n) is 3.69. The van der Waals surface area contributed by atoms with Crippen molar-refractivity contribution in [2.24, 2.45) is 5.73 Å². The van der Waals surface area contributed by atoms with Crippen molar-refractivity contribution < 1.29 is 27.4 Å². The standard InChI is InChI=1S/C14H15N3O3.CH4O3S/c15-7-9-4-5-11-10(6-9)8-16(14(11)20)17-12(18)2-1-3-13(17)19;1-5(2,3)4/h4-6H,1-3,7-8,15H2;1H3,(H,2,3,4). The summed E-state index contributed by atoms with van der Waals surface area (Å²) in [5, 5.41) is 2.25. The molecule has 3 N–H and O–H groups in total. The van der Waals surface area contributed by atoms with E-state index in [0.29, 0.717) is 37.6 Å². The van der Waals surface area contributed by atoms with Crippen molar-refractivity contribution in [2.45, 2.75) is 32.4 Å². The van der Waals surface area contributed by atoms with Gasteiger partial charge in [-0.15, -0.1) is 0 Å². The summed E-state index contributed by atoms with van der Waals surface area (Å²) in [5.74, 6) is -0.907. The Morgan fingerprint density at radius 2 is 1.72 bits per heavy atom. The molecular formula is C15H19N3O6S. The molecule has 25 heavy (non-hydrogen) atoms. The van der Waals surface area contributed by atoms with Gasteiger partial charge in [-0.1, -0.05) is 12.1 Å². The van der Waals surface area contributed by atoms with Crippen molar-refractivity contribution in [1.29, 1.82) is 0 Å². The number of rotatable bonds is 2. The first-order valence-electron chi connectivity index (χ1n) is 7.53. The van der Waals surface area contributed by atoms with Gasteiger partial charge in [0.05, 0.1) is 12.8 Å². The van der Waals surface area contributed by atoms with Crippen LogP contribution in [0.1, 0.15) is 40.7 Å². The molecule has 0 aromatic heterocycles. The Balaban J connectivity index is 0.000000399. The van der Waals surface area contributed by atoms with E-state index < -0.39 is 10.1 Å². The maximum Gasteiger partial charge on any atom is 0.273 e. The van der Waals surface area contributed by atoms with E-state index in [1.54, 1.807) is 12.1 Å². The molecule has 0 bridgehead atoms. The van der Waals surface area contributed by atoms with E-state index >= 15 is 0 Å². The second kappa shape index (κ2) is 7.30. The molecule has 136 valence electrons. The molecule has 3 amide bonds. The van der Waals surface area contributed by atoms with Crippen LogP contribution in [-0.4, -0.2) is 47.0 Å². The number of piperidine rings is 1.